The zero-order valence-electron chi connectivity index (χ0n) is 17.6. The van der Waals surface area contributed by atoms with E-state index in [2.05, 4.69) is 15.2 Å². The summed E-state index contributed by atoms with van der Waals surface area (Å²) < 4.78 is 14.7. The van der Waals surface area contributed by atoms with Crippen LogP contribution in [0.3, 0.4) is 0 Å². The molecule has 0 unspecified atom stereocenters. The summed E-state index contributed by atoms with van der Waals surface area (Å²) in [5.41, 5.74) is 0.961. The second kappa shape index (κ2) is 9.92. The molecule has 4 heterocycles. The summed E-state index contributed by atoms with van der Waals surface area (Å²) in [6.07, 6.45) is 3.17. The third-order valence-electron chi connectivity index (χ3n) is 4.89. The maximum absolute atomic E-state index is 12.5. The Morgan fingerprint density at radius 1 is 1.03 bits per heavy atom. The van der Waals surface area contributed by atoms with E-state index in [1.54, 1.807) is 48.9 Å². The van der Waals surface area contributed by atoms with Gasteiger partial charge in [-0.25, -0.2) is 4.98 Å². The number of halogens is 2. The highest BCUT2D eigenvalue weighted by molar-refractivity contribution is 7.98. The van der Waals surface area contributed by atoms with E-state index in [0.717, 1.165) is 5.76 Å². The van der Waals surface area contributed by atoms with Crippen LogP contribution < -0.4 is 10.3 Å². The van der Waals surface area contributed by atoms with Gasteiger partial charge in [-0.3, -0.25) is 13.8 Å². The van der Waals surface area contributed by atoms with E-state index in [9.17, 15) is 4.79 Å². The van der Waals surface area contributed by atoms with Crippen molar-refractivity contribution in [1.82, 2.24) is 24.1 Å². The molecule has 1 aromatic carbocycles. The average molecular weight is 514 g/mol. The summed E-state index contributed by atoms with van der Waals surface area (Å²) >= 11 is 13.4. The molecule has 0 aliphatic carbocycles. The number of nitrogens with zero attached hydrogens (tertiary/aromatic N) is 5. The number of thioether (sulfide) groups is 1. The Labute approximate surface area is 208 Å². The summed E-state index contributed by atoms with van der Waals surface area (Å²) in [6.45, 7) is 0.653. The van der Waals surface area contributed by atoms with Crippen molar-refractivity contribution >= 4 is 40.6 Å². The minimum Gasteiger partial charge on any atom is -0.486 e. The molecule has 0 spiro atoms. The molecule has 5 rings (SSSR count). The highest BCUT2D eigenvalue weighted by Crippen LogP contribution is 2.24. The van der Waals surface area contributed by atoms with E-state index >= 15 is 0 Å². The maximum Gasteiger partial charge on any atom is 0.258 e. The highest BCUT2D eigenvalue weighted by Gasteiger charge is 2.16. The number of ether oxygens (including phenoxy) is 1. The van der Waals surface area contributed by atoms with Gasteiger partial charge in [0, 0.05) is 23.0 Å². The zero-order chi connectivity index (χ0) is 23.5. The monoisotopic (exact) mass is 513 g/mol. The minimum absolute atomic E-state index is 0.197. The summed E-state index contributed by atoms with van der Waals surface area (Å²) in [7, 11) is 0. The smallest absolute Gasteiger partial charge is 0.258 e. The largest absolute Gasteiger partial charge is 0.486 e. The van der Waals surface area contributed by atoms with Crippen LogP contribution in [0.1, 0.15) is 17.3 Å². The van der Waals surface area contributed by atoms with Gasteiger partial charge in [0.1, 0.15) is 23.8 Å². The number of hydrogen-bond acceptors (Lipinski definition) is 7. The first kappa shape index (κ1) is 22.5. The van der Waals surface area contributed by atoms with Crippen LogP contribution >= 0.6 is 35.0 Å². The van der Waals surface area contributed by atoms with Gasteiger partial charge >= 0.3 is 0 Å². The van der Waals surface area contributed by atoms with Gasteiger partial charge in [0.2, 0.25) is 0 Å². The predicted octanol–water partition coefficient (Wildman–Crippen LogP) is 5.11. The van der Waals surface area contributed by atoms with Crippen LogP contribution in [0, 0.1) is 0 Å². The van der Waals surface area contributed by atoms with Crippen molar-refractivity contribution in [2.45, 2.75) is 24.1 Å². The average Bonchev–Trinajstić information content (AvgIpc) is 3.48. The number of fused-ring (bicyclic) bond motifs is 1. The Balaban J connectivity index is 1.37. The van der Waals surface area contributed by atoms with Gasteiger partial charge in [0.05, 0.1) is 23.5 Å². The van der Waals surface area contributed by atoms with E-state index in [4.69, 9.17) is 32.4 Å². The molecule has 0 saturated carbocycles. The lowest BCUT2D eigenvalue weighted by atomic mass is 10.3. The number of benzene rings is 1. The second-order valence-electron chi connectivity index (χ2n) is 7.26. The third kappa shape index (κ3) is 5.11. The molecular weight excluding hydrogens is 497 g/mol. The van der Waals surface area contributed by atoms with Crippen molar-refractivity contribution in [2.75, 3.05) is 0 Å². The van der Waals surface area contributed by atoms with Gasteiger partial charge in [-0.2, -0.15) is 0 Å². The Kier molecular flexibility index (Phi) is 6.57. The molecule has 8 nitrogen and oxygen atoms in total. The highest BCUT2D eigenvalue weighted by atomic mass is 35.5. The first-order chi connectivity index (χ1) is 16.5. The number of aromatic nitrogens is 5. The molecule has 34 heavy (non-hydrogen) atoms. The molecule has 0 atom stereocenters. The van der Waals surface area contributed by atoms with Gasteiger partial charge in [0.15, 0.2) is 11.0 Å². The molecule has 0 fully saturated rings. The SMILES string of the molecule is O=c1cc(CSc2nnc(COc3ccc(Cl)cc3)n2Cc2ccco2)nc2ccc(Cl)cn12. The van der Waals surface area contributed by atoms with Crippen LogP contribution in [0.4, 0.5) is 0 Å². The topological polar surface area (TPSA) is 87.5 Å². The molecule has 0 aliphatic rings. The van der Waals surface area contributed by atoms with Crippen LogP contribution in [0.15, 0.2) is 81.4 Å². The van der Waals surface area contributed by atoms with Gasteiger partial charge in [-0.05, 0) is 48.5 Å². The summed E-state index contributed by atoms with van der Waals surface area (Å²) in [5.74, 6) is 2.50. The molecular formula is C23H17Cl2N5O3S. The molecule has 5 aromatic rings. The lowest BCUT2D eigenvalue weighted by molar-refractivity contribution is 0.287. The van der Waals surface area contributed by atoms with Crippen molar-refractivity contribution < 1.29 is 9.15 Å². The molecule has 0 saturated heterocycles. The third-order valence-corrected chi connectivity index (χ3v) is 6.37. The van der Waals surface area contributed by atoms with Crippen molar-refractivity contribution in [1.29, 1.82) is 0 Å². The van der Waals surface area contributed by atoms with E-state index in [1.807, 2.05) is 16.7 Å². The van der Waals surface area contributed by atoms with Crippen LogP contribution in [0.25, 0.3) is 5.65 Å². The fourth-order valence-corrected chi connectivity index (χ4v) is 4.40. The first-order valence-corrected chi connectivity index (χ1v) is 11.9. The number of pyridine rings is 1. The molecule has 4 aromatic heterocycles. The molecule has 0 radical (unpaired) electrons. The fraction of sp³-hybridized carbons (Fsp3) is 0.130. The van der Waals surface area contributed by atoms with Gasteiger partial charge in [-0.15, -0.1) is 10.2 Å². The lowest BCUT2D eigenvalue weighted by Gasteiger charge is -2.10. The molecule has 0 N–H and O–H groups in total. The zero-order valence-corrected chi connectivity index (χ0v) is 19.9. The summed E-state index contributed by atoms with van der Waals surface area (Å²) in [4.78, 5) is 17.0. The van der Waals surface area contributed by atoms with Gasteiger partial charge < -0.3 is 9.15 Å². The Bertz CT molecular complexity index is 1480. The summed E-state index contributed by atoms with van der Waals surface area (Å²) in [6, 6.07) is 15.7. The van der Waals surface area contributed by atoms with Crippen molar-refractivity contribution in [3.05, 3.63) is 105 Å². The fourth-order valence-electron chi connectivity index (χ4n) is 3.27. The van der Waals surface area contributed by atoms with E-state index < -0.39 is 0 Å². The van der Waals surface area contributed by atoms with Crippen LogP contribution in [0.2, 0.25) is 10.0 Å². The number of furan rings is 1. The minimum atomic E-state index is -0.197. The Hall–Kier alpha value is -3.27. The Morgan fingerprint density at radius 2 is 1.85 bits per heavy atom. The van der Waals surface area contributed by atoms with Crippen LogP contribution in [-0.2, 0) is 18.9 Å². The van der Waals surface area contributed by atoms with Crippen LogP contribution in [0.5, 0.6) is 5.75 Å². The van der Waals surface area contributed by atoms with Crippen molar-refractivity contribution in [3.63, 3.8) is 0 Å². The van der Waals surface area contributed by atoms with Crippen molar-refractivity contribution in [2.24, 2.45) is 0 Å². The van der Waals surface area contributed by atoms with Gasteiger partial charge in [0.25, 0.3) is 5.56 Å². The molecule has 172 valence electrons. The van der Waals surface area contributed by atoms with E-state index in [0.29, 0.717) is 50.4 Å². The standard InChI is InChI=1S/C23H17Cl2N5O3S/c24-15-3-6-18(7-4-15)33-13-21-27-28-23(30(21)12-19-2-1-9-32-19)34-14-17-10-22(31)29-11-16(25)5-8-20(29)26-17/h1-11H,12-14H2. The molecule has 0 amide bonds. The lowest BCUT2D eigenvalue weighted by Crippen LogP contribution is -2.15. The second-order valence-corrected chi connectivity index (χ2v) is 9.07. The normalized spacial score (nSPS) is 11.2. The molecule has 0 bridgehead atoms. The van der Waals surface area contributed by atoms with Crippen LogP contribution in [-0.4, -0.2) is 24.1 Å². The van der Waals surface area contributed by atoms with E-state index in [1.165, 1.54) is 22.2 Å². The number of hydrogen-bond donors (Lipinski definition) is 0. The Morgan fingerprint density at radius 3 is 2.65 bits per heavy atom. The quantitative estimate of drug-likeness (QED) is 0.266. The van der Waals surface area contributed by atoms with Gasteiger partial charge in [-0.1, -0.05) is 35.0 Å². The molecule has 11 heteroatoms. The maximum atomic E-state index is 12.5. The first-order valence-electron chi connectivity index (χ1n) is 10.2. The number of rotatable bonds is 8. The predicted molar refractivity (Wildman–Crippen MR) is 130 cm³/mol. The van der Waals surface area contributed by atoms with E-state index in [-0.39, 0.29) is 12.2 Å². The van der Waals surface area contributed by atoms with Crippen molar-refractivity contribution in [3.8, 4) is 5.75 Å². The molecule has 0 aliphatic heterocycles. The summed E-state index contributed by atoms with van der Waals surface area (Å²) in [5, 5.41) is 10.4.